The molecule has 3 aromatic rings. The summed E-state index contributed by atoms with van der Waals surface area (Å²) in [5, 5.41) is 3.69. The summed E-state index contributed by atoms with van der Waals surface area (Å²) >= 11 is 5.85. The molecule has 1 N–H and O–H groups in total. The number of benzene rings is 3. The topological polar surface area (TPSA) is 32.3 Å². The van der Waals surface area contributed by atoms with Gasteiger partial charge >= 0.3 is 0 Å². The summed E-state index contributed by atoms with van der Waals surface area (Å²) in [5.41, 5.74) is 3.98. The van der Waals surface area contributed by atoms with E-state index in [0.29, 0.717) is 17.1 Å². The summed E-state index contributed by atoms with van der Waals surface area (Å²) in [6.45, 7) is 4.12. The van der Waals surface area contributed by atoms with Gasteiger partial charge in [0.25, 0.3) is 0 Å². The van der Waals surface area contributed by atoms with Crippen molar-refractivity contribution in [3.05, 3.63) is 106 Å². The summed E-state index contributed by atoms with van der Waals surface area (Å²) in [6.07, 6.45) is 1.52. The van der Waals surface area contributed by atoms with Crippen molar-refractivity contribution in [2.45, 2.75) is 32.4 Å². The predicted octanol–water partition coefficient (Wildman–Crippen LogP) is 5.91. The lowest BCUT2D eigenvalue weighted by atomic mass is 9.93. The fraction of sp³-hybridized carbons (Fsp3) is 0.296. The van der Waals surface area contributed by atoms with Crippen LogP contribution in [0.4, 0.5) is 4.39 Å². The average Bonchev–Trinajstić information content (AvgIpc) is 2.81. The van der Waals surface area contributed by atoms with Gasteiger partial charge in [-0.25, -0.2) is 4.39 Å². The summed E-state index contributed by atoms with van der Waals surface area (Å²) in [6, 6.07) is 23.0. The van der Waals surface area contributed by atoms with Gasteiger partial charge in [0, 0.05) is 23.0 Å². The minimum Gasteiger partial charge on any atom is -0.345 e. The van der Waals surface area contributed by atoms with Gasteiger partial charge in [0.05, 0.1) is 6.04 Å². The van der Waals surface area contributed by atoms with Gasteiger partial charge in [-0.15, -0.1) is 0 Å². The Balaban J connectivity index is 1.39. The van der Waals surface area contributed by atoms with Crippen molar-refractivity contribution in [2.24, 2.45) is 5.92 Å². The minimum atomic E-state index is -0.277. The lowest BCUT2D eigenvalue weighted by Crippen LogP contribution is -2.41. The monoisotopic (exact) mass is 450 g/mol. The first-order valence-electron chi connectivity index (χ1n) is 11.1. The van der Waals surface area contributed by atoms with Crippen LogP contribution in [0.3, 0.4) is 0 Å². The maximum Gasteiger partial charge on any atom is 0.223 e. The molecule has 0 bridgehead atoms. The number of likely N-dealkylation sites (tertiary alicyclic amines) is 1. The van der Waals surface area contributed by atoms with Crippen molar-refractivity contribution < 1.29 is 9.18 Å². The number of hydrogen-bond acceptors (Lipinski definition) is 2. The number of rotatable bonds is 6. The Labute approximate surface area is 194 Å². The number of hydrogen-bond donors (Lipinski definition) is 1. The number of halogens is 2. The lowest BCUT2D eigenvalue weighted by Gasteiger charge is -2.32. The zero-order valence-corrected chi connectivity index (χ0v) is 19.0. The Bertz CT molecular complexity index is 1050. The SMILES string of the molecule is Cc1ccc([C@@H](NC(=O)C2CCN(Cc3ccc(Cl)cc3F)CC2)c2ccccc2)cc1. The van der Waals surface area contributed by atoms with Crippen LogP contribution in [-0.2, 0) is 11.3 Å². The molecule has 1 amide bonds. The molecule has 1 atom stereocenters. The second-order valence-electron chi connectivity index (χ2n) is 8.55. The molecule has 0 unspecified atom stereocenters. The van der Waals surface area contributed by atoms with Crippen LogP contribution in [0.5, 0.6) is 0 Å². The molecule has 3 nitrogen and oxygen atoms in total. The molecule has 1 aliphatic rings. The van der Waals surface area contributed by atoms with Crippen molar-refractivity contribution in [3.8, 4) is 0 Å². The molecule has 4 rings (SSSR count). The van der Waals surface area contributed by atoms with E-state index in [4.69, 9.17) is 11.6 Å². The second-order valence-corrected chi connectivity index (χ2v) is 8.99. The van der Waals surface area contributed by atoms with Crippen LogP contribution in [0, 0.1) is 18.7 Å². The fourth-order valence-electron chi connectivity index (χ4n) is 4.27. The first kappa shape index (κ1) is 22.5. The van der Waals surface area contributed by atoms with Gasteiger partial charge in [-0.3, -0.25) is 9.69 Å². The van der Waals surface area contributed by atoms with Gasteiger partial charge in [0.1, 0.15) is 5.82 Å². The van der Waals surface area contributed by atoms with Crippen LogP contribution in [0.2, 0.25) is 5.02 Å². The number of carbonyl (C=O) groups excluding carboxylic acids is 1. The van der Waals surface area contributed by atoms with E-state index >= 15 is 0 Å². The molecule has 1 saturated heterocycles. The Hall–Kier alpha value is -2.69. The van der Waals surface area contributed by atoms with Crippen LogP contribution >= 0.6 is 11.6 Å². The summed E-state index contributed by atoms with van der Waals surface area (Å²) in [7, 11) is 0. The van der Waals surface area contributed by atoms with Crippen molar-refractivity contribution >= 4 is 17.5 Å². The van der Waals surface area contributed by atoms with E-state index in [1.54, 1.807) is 12.1 Å². The average molecular weight is 451 g/mol. The number of piperidine rings is 1. The number of nitrogens with zero attached hydrogens (tertiary/aromatic N) is 1. The third kappa shape index (κ3) is 5.56. The van der Waals surface area contributed by atoms with Gasteiger partial charge in [0.15, 0.2) is 0 Å². The molecule has 0 aliphatic carbocycles. The van der Waals surface area contributed by atoms with Crippen LogP contribution in [-0.4, -0.2) is 23.9 Å². The van der Waals surface area contributed by atoms with E-state index < -0.39 is 0 Å². The zero-order valence-electron chi connectivity index (χ0n) is 18.2. The van der Waals surface area contributed by atoms with Crippen LogP contribution in [0.1, 0.15) is 41.1 Å². The van der Waals surface area contributed by atoms with E-state index in [1.807, 2.05) is 30.3 Å². The van der Waals surface area contributed by atoms with Crippen molar-refractivity contribution in [3.63, 3.8) is 0 Å². The second kappa shape index (κ2) is 10.3. The summed E-state index contributed by atoms with van der Waals surface area (Å²) in [5.74, 6) is -0.240. The highest BCUT2D eigenvalue weighted by Gasteiger charge is 2.27. The normalized spacial score (nSPS) is 16.0. The molecular formula is C27H28ClFN2O. The highest BCUT2D eigenvalue weighted by atomic mass is 35.5. The van der Waals surface area contributed by atoms with Crippen molar-refractivity contribution in [1.82, 2.24) is 10.2 Å². The van der Waals surface area contributed by atoms with E-state index in [0.717, 1.165) is 37.1 Å². The molecule has 0 radical (unpaired) electrons. The highest BCUT2D eigenvalue weighted by Crippen LogP contribution is 2.26. The van der Waals surface area contributed by atoms with Crippen LogP contribution in [0.15, 0.2) is 72.8 Å². The standard InChI is InChI=1S/C27H28ClFN2O/c1-19-7-9-21(10-8-19)26(20-5-3-2-4-6-20)30-27(32)22-13-15-31(16-14-22)18-23-11-12-24(28)17-25(23)29/h2-12,17,22,26H,13-16,18H2,1H3,(H,30,32)/t26-/m0/s1. The number of nitrogens with one attached hydrogen (secondary N) is 1. The maximum absolute atomic E-state index is 14.1. The summed E-state index contributed by atoms with van der Waals surface area (Å²) < 4.78 is 14.1. The number of amides is 1. The Kier molecular flexibility index (Phi) is 7.23. The van der Waals surface area contributed by atoms with Crippen molar-refractivity contribution in [1.29, 1.82) is 0 Å². The van der Waals surface area contributed by atoms with E-state index in [-0.39, 0.29) is 23.7 Å². The van der Waals surface area contributed by atoms with Gasteiger partial charge in [-0.2, -0.15) is 0 Å². The molecule has 1 aliphatic heterocycles. The lowest BCUT2D eigenvalue weighted by molar-refractivity contribution is -0.127. The molecule has 0 aromatic heterocycles. The van der Waals surface area contributed by atoms with E-state index in [2.05, 4.69) is 41.4 Å². The Morgan fingerprint density at radius 2 is 1.69 bits per heavy atom. The number of aryl methyl sites for hydroxylation is 1. The van der Waals surface area contributed by atoms with Crippen LogP contribution < -0.4 is 5.32 Å². The van der Waals surface area contributed by atoms with Crippen LogP contribution in [0.25, 0.3) is 0 Å². The molecule has 0 saturated carbocycles. The molecule has 0 spiro atoms. The van der Waals surface area contributed by atoms with Gasteiger partial charge in [0.2, 0.25) is 5.91 Å². The highest BCUT2D eigenvalue weighted by molar-refractivity contribution is 6.30. The molecule has 5 heteroatoms. The smallest absolute Gasteiger partial charge is 0.223 e. The fourth-order valence-corrected chi connectivity index (χ4v) is 4.43. The minimum absolute atomic E-state index is 0.0435. The van der Waals surface area contributed by atoms with Gasteiger partial charge in [-0.1, -0.05) is 77.8 Å². The molecule has 1 heterocycles. The largest absolute Gasteiger partial charge is 0.345 e. The predicted molar refractivity (Wildman–Crippen MR) is 127 cm³/mol. The van der Waals surface area contributed by atoms with Crippen molar-refractivity contribution in [2.75, 3.05) is 13.1 Å². The van der Waals surface area contributed by atoms with Gasteiger partial charge in [-0.05, 0) is 56.1 Å². The Morgan fingerprint density at radius 3 is 2.34 bits per heavy atom. The first-order chi connectivity index (χ1) is 15.5. The molecular weight excluding hydrogens is 423 g/mol. The summed E-state index contributed by atoms with van der Waals surface area (Å²) in [4.78, 5) is 15.4. The molecule has 166 valence electrons. The van der Waals surface area contributed by atoms with E-state index in [9.17, 15) is 9.18 Å². The Morgan fingerprint density at radius 1 is 1.03 bits per heavy atom. The number of carbonyl (C=O) groups is 1. The van der Waals surface area contributed by atoms with Gasteiger partial charge < -0.3 is 5.32 Å². The molecule has 1 fully saturated rings. The third-order valence-electron chi connectivity index (χ3n) is 6.20. The van der Waals surface area contributed by atoms with E-state index in [1.165, 1.54) is 11.6 Å². The third-order valence-corrected chi connectivity index (χ3v) is 6.43. The first-order valence-corrected chi connectivity index (χ1v) is 11.5. The molecule has 3 aromatic carbocycles. The quantitative estimate of drug-likeness (QED) is 0.506. The molecule has 32 heavy (non-hydrogen) atoms. The maximum atomic E-state index is 14.1. The zero-order chi connectivity index (χ0) is 22.5.